The van der Waals surface area contributed by atoms with Crippen LogP contribution in [0.4, 0.5) is 10.1 Å². The number of piperidine rings is 1. The molecule has 1 aromatic carbocycles. The van der Waals surface area contributed by atoms with Gasteiger partial charge in [0.05, 0.1) is 12.2 Å². The van der Waals surface area contributed by atoms with Crippen molar-refractivity contribution in [1.29, 1.82) is 0 Å². The summed E-state index contributed by atoms with van der Waals surface area (Å²) in [6, 6.07) is 4.84. The maximum absolute atomic E-state index is 13.7. The number of hydrogen-bond donors (Lipinski definition) is 1. The summed E-state index contributed by atoms with van der Waals surface area (Å²) in [6.45, 7) is 8.45. The molecule has 110 valence electrons. The largest absolute Gasteiger partial charge is 0.322 e. The SMILES string of the molecule is Cc1ccc(NC(=O)CN2CC(C)CC(C)C2)c(F)c1. The Kier molecular flexibility index (Phi) is 4.76. The lowest BCUT2D eigenvalue weighted by atomic mass is 9.92. The average molecular weight is 278 g/mol. The van der Waals surface area contributed by atoms with Crippen molar-refractivity contribution < 1.29 is 9.18 Å². The molecule has 2 atom stereocenters. The first-order chi connectivity index (χ1) is 9.44. The normalized spacial score (nSPS) is 23.6. The summed E-state index contributed by atoms with van der Waals surface area (Å²) in [5, 5.41) is 2.66. The minimum Gasteiger partial charge on any atom is -0.322 e. The molecule has 0 aliphatic carbocycles. The molecule has 4 heteroatoms. The fourth-order valence-electron chi connectivity index (χ4n) is 3.04. The highest BCUT2D eigenvalue weighted by Gasteiger charge is 2.23. The van der Waals surface area contributed by atoms with Crippen molar-refractivity contribution in [2.24, 2.45) is 11.8 Å². The number of rotatable bonds is 3. The minimum absolute atomic E-state index is 0.144. The third kappa shape index (κ3) is 4.04. The van der Waals surface area contributed by atoms with Crippen molar-refractivity contribution in [2.75, 3.05) is 25.0 Å². The number of nitrogens with one attached hydrogen (secondary N) is 1. The zero-order chi connectivity index (χ0) is 14.7. The predicted molar refractivity (Wildman–Crippen MR) is 79.2 cm³/mol. The van der Waals surface area contributed by atoms with Gasteiger partial charge in [-0.05, 0) is 42.9 Å². The molecule has 1 saturated heterocycles. The van der Waals surface area contributed by atoms with E-state index >= 15 is 0 Å². The van der Waals surface area contributed by atoms with E-state index in [9.17, 15) is 9.18 Å². The Labute approximate surface area is 120 Å². The van der Waals surface area contributed by atoms with E-state index in [1.54, 1.807) is 12.1 Å². The van der Waals surface area contributed by atoms with Gasteiger partial charge in [-0.1, -0.05) is 19.9 Å². The molecule has 1 aliphatic heterocycles. The summed E-state index contributed by atoms with van der Waals surface area (Å²) < 4.78 is 13.7. The van der Waals surface area contributed by atoms with Gasteiger partial charge in [0.15, 0.2) is 0 Å². The first-order valence-electron chi connectivity index (χ1n) is 7.22. The lowest BCUT2D eigenvalue weighted by molar-refractivity contribution is -0.117. The Morgan fingerprint density at radius 2 is 2.00 bits per heavy atom. The summed E-state index contributed by atoms with van der Waals surface area (Å²) >= 11 is 0. The van der Waals surface area contributed by atoms with Crippen LogP contribution < -0.4 is 5.32 Å². The average Bonchev–Trinajstić information content (AvgIpc) is 2.31. The third-order valence-corrected chi connectivity index (χ3v) is 3.71. The molecule has 0 bridgehead atoms. The highest BCUT2D eigenvalue weighted by atomic mass is 19.1. The zero-order valence-electron chi connectivity index (χ0n) is 12.4. The number of halogens is 1. The molecule has 1 amide bonds. The van der Waals surface area contributed by atoms with Crippen LogP contribution in [-0.2, 0) is 4.79 Å². The topological polar surface area (TPSA) is 32.3 Å². The van der Waals surface area contributed by atoms with Gasteiger partial charge in [-0.15, -0.1) is 0 Å². The van der Waals surface area contributed by atoms with E-state index in [0.29, 0.717) is 18.4 Å². The van der Waals surface area contributed by atoms with E-state index in [4.69, 9.17) is 0 Å². The van der Waals surface area contributed by atoms with Gasteiger partial charge >= 0.3 is 0 Å². The molecule has 1 N–H and O–H groups in total. The first kappa shape index (κ1) is 15.0. The molecule has 2 unspecified atom stereocenters. The van der Waals surface area contributed by atoms with E-state index in [2.05, 4.69) is 24.1 Å². The Bertz CT molecular complexity index is 479. The summed E-state index contributed by atoms with van der Waals surface area (Å²) in [6.07, 6.45) is 1.21. The van der Waals surface area contributed by atoms with Crippen LogP contribution in [-0.4, -0.2) is 30.4 Å². The molecule has 1 fully saturated rings. The summed E-state index contributed by atoms with van der Waals surface area (Å²) in [4.78, 5) is 14.2. The minimum atomic E-state index is -0.376. The van der Waals surface area contributed by atoms with Gasteiger partial charge in [0, 0.05) is 13.1 Å². The number of nitrogens with zero attached hydrogens (tertiary/aromatic N) is 1. The first-order valence-corrected chi connectivity index (χ1v) is 7.22. The monoisotopic (exact) mass is 278 g/mol. The third-order valence-electron chi connectivity index (χ3n) is 3.71. The van der Waals surface area contributed by atoms with E-state index < -0.39 is 0 Å². The number of benzene rings is 1. The van der Waals surface area contributed by atoms with Crippen molar-refractivity contribution >= 4 is 11.6 Å². The van der Waals surface area contributed by atoms with Crippen LogP contribution in [0.1, 0.15) is 25.8 Å². The molecule has 0 radical (unpaired) electrons. The van der Waals surface area contributed by atoms with E-state index in [0.717, 1.165) is 18.7 Å². The zero-order valence-corrected chi connectivity index (χ0v) is 12.4. The number of anilines is 1. The fourth-order valence-corrected chi connectivity index (χ4v) is 3.04. The Balaban J connectivity index is 1.92. The number of carbonyl (C=O) groups excluding carboxylic acids is 1. The van der Waals surface area contributed by atoms with Gasteiger partial charge in [0.2, 0.25) is 5.91 Å². The van der Waals surface area contributed by atoms with Gasteiger partial charge < -0.3 is 5.32 Å². The molecule has 1 aromatic rings. The van der Waals surface area contributed by atoms with Crippen molar-refractivity contribution in [3.8, 4) is 0 Å². The molecule has 1 heterocycles. The smallest absolute Gasteiger partial charge is 0.238 e. The van der Waals surface area contributed by atoms with Gasteiger partial charge in [-0.25, -0.2) is 4.39 Å². The molecular formula is C16H23FN2O. The van der Waals surface area contributed by atoms with Crippen LogP contribution in [0.2, 0.25) is 0 Å². The van der Waals surface area contributed by atoms with E-state index in [1.165, 1.54) is 12.5 Å². The van der Waals surface area contributed by atoms with E-state index in [1.807, 2.05) is 6.92 Å². The second-order valence-corrected chi connectivity index (χ2v) is 6.17. The highest BCUT2D eigenvalue weighted by Crippen LogP contribution is 2.21. The van der Waals surface area contributed by atoms with Crippen molar-refractivity contribution in [3.63, 3.8) is 0 Å². The molecule has 3 nitrogen and oxygen atoms in total. The maximum Gasteiger partial charge on any atom is 0.238 e. The number of amides is 1. The second-order valence-electron chi connectivity index (χ2n) is 6.17. The Morgan fingerprint density at radius 1 is 1.35 bits per heavy atom. The van der Waals surface area contributed by atoms with Gasteiger partial charge in [-0.2, -0.15) is 0 Å². The molecule has 0 saturated carbocycles. The summed E-state index contributed by atoms with van der Waals surface area (Å²) in [7, 11) is 0. The lowest BCUT2D eigenvalue weighted by Crippen LogP contribution is -2.42. The molecule has 0 spiro atoms. The quantitative estimate of drug-likeness (QED) is 0.921. The van der Waals surface area contributed by atoms with Crippen LogP contribution in [0.25, 0.3) is 0 Å². The predicted octanol–water partition coefficient (Wildman–Crippen LogP) is 3.05. The molecule has 0 aromatic heterocycles. The molecule has 1 aliphatic rings. The second kappa shape index (κ2) is 6.35. The van der Waals surface area contributed by atoms with Crippen molar-refractivity contribution in [2.45, 2.75) is 27.2 Å². The molecular weight excluding hydrogens is 255 g/mol. The number of hydrogen-bond acceptors (Lipinski definition) is 2. The van der Waals surface area contributed by atoms with Crippen LogP contribution in [0.5, 0.6) is 0 Å². The summed E-state index contributed by atoms with van der Waals surface area (Å²) in [5.41, 5.74) is 1.11. The van der Waals surface area contributed by atoms with Crippen LogP contribution in [0.15, 0.2) is 18.2 Å². The van der Waals surface area contributed by atoms with E-state index in [-0.39, 0.29) is 17.4 Å². The van der Waals surface area contributed by atoms with Crippen LogP contribution >= 0.6 is 0 Å². The highest BCUT2D eigenvalue weighted by molar-refractivity contribution is 5.92. The van der Waals surface area contributed by atoms with Crippen molar-refractivity contribution in [3.05, 3.63) is 29.6 Å². The lowest BCUT2D eigenvalue weighted by Gasteiger charge is -2.34. The Hall–Kier alpha value is -1.42. The molecule has 20 heavy (non-hydrogen) atoms. The number of aryl methyl sites for hydroxylation is 1. The fraction of sp³-hybridized carbons (Fsp3) is 0.562. The van der Waals surface area contributed by atoms with Crippen LogP contribution in [0.3, 0.4) is 0 Å². The number of likely N-dealkylation sites (tertiary alicyclic amines) is 1. The number of carbonyl (C=O) groups is 1. The van der Waals surface area contributed by atoms with Crippen molar-refractivity contribution in [1.82, 2.24) is 4.90 Å². The summed E-state index contributed by atoms with van der Waals surface area (Å²) in [5.74, 6) is 0.707. The molecule has 2 rings (SSSR count). The Morgan fingerprint density at radius 3 is 2.60 bits per heavy atom. The maximum atomic E-state index is 13.7. The van der Waals surface area contributed by atoms with Gasteiger partial charge in [0.25, 0.3) is 0 Å². The van der Waals surface area contributed by atoms with Crippen LogP contribution in [0, 0.1) is 24.6 Å². The van der Waals surface area contributed by atoms with Gasteiger partial charge in [0.1, 0.15) is 5.82 Å². The van der Waals surface area contributed by atoms with Gasteiger partial charge in [-0.3, -0.25) is 9.69 Å². The standard InChI is InChI=1S/C16H23FN2O/c1-11-4-5-15(14(17)7-11)18-16(20)10-19-8-12(2)6-13(3)9-19/h4-5,7,12-13H,6,8-10H2,1-3H3,(H,18,20).